The van der Waals surface area contributed by atoms with E-state index in [1.165, 1.54) is 29.6 Å². The van der Waals surface area contributed by atoms with Crippen molar-refractivity contribution >= 4 is 27.5 Å². The molecule has 0 N–H and O–H groups in total. The third-order valence-corrected chi connectivity index (χ3v) is 6.88. The van der Waals surface area contributed by atoms with E-state index in [0.717, 1.165) is 12.8 Å². The minimum atomic E-state index is -3.65. The van der Waals surface area contributed by atoms with Gasteiger partial charge in [0.1, 0.15) is 0 Å². The SMILES string of the molecule is CC1CCCN(C(=O)c2cc(S(=O)(=O)N(C)C(C)C)ccc2Cl)C1. The van der Waals surface area contributed by atoms with E-state index in [1.54, 1.807) is 18.7 Å². The molecule has 1 aliphatic heterocycles. The molecule has 1 aromatic rings. The van der Waals surface area contributed by atoms with Crippen LogP contribution in [0.2, 0.25) is 5.02 Å². The smallest absolute Gasteiger partial charge is 0.255 e. The van der Waals surface area contributed by atoms with E-state index in [0.29, 0.717) is 19.0 Å². The maximum atomic E-state index is 12.8. The molecular weight excluding hydrogens is 348 g/mol. The van der Waals surface area contributed by atoms with Crippen molar-refractivity contribution in [3.05, 3.63) is 28.8 Å². The number of rotatable bonds is 4. The second-order valence-corrected chi connectivity index (χ2v) is 9.16. The van der Waals surface area contributed by atoms with Crippen molar-refractivity contribution in [3.63, 3.8) is 0 Å². The minimum absolute atomic E-state index is 0.0940. The normalized spacial score (nSPS) is 19.1. The minimum Gasteiger partial charge on any atom is -0.338 e. The molecule has 1 fully saturated rings. The van der Waals surface area contributed by atoms with Crippen LogP contribution in [0.5, 0.6) is 0 Å². The lowest BCUT2D eigenvalue weighted by molar-refractivity contribution is 0.0683. The highest BCUT2D eigenvalue weighted by molar-refractivity contribution is 7.89. The van der Waals surface area contributed by atoms with Gasteiger partial charge in [0.15, 0.2) is 0 Å². The predicted molar refractivity (Wildman–Crippen MR) is 95.8 cm³/mol. The lowest BCUT2D eigenvalue weighted by Gasteiger charge is -2.31. The summed E-state index contributed by atoms with van der Waals surface area (Å²) in [6.07, 6.45) is 2.06. The highest BCUT2D eigenvalue weighted by Gasteiger charge is 2.27. The van der Waals surface area contributed by atoms with Gasteiger partial charge in [-0.15, -0.1) is 0 Å². The van der Waals surface area contributed by atoms with Crippen LogP contribution in [-0.2, 0) is 10.0 Å². The number of hydrogen-bond acceptors (Lipinski definition) is 3. The summed E-state index contributed by atoms with van der Waals surface area (Å²) in [5.41, 5.74) is 0.254. The van der Waals surface area contributed by atoms with E-state index < -0.39 is 10.0 Å². The third-order valence-electron chi connectivity index (χ3n) is 4.52. The number of amides is 1. The van der Waals surface area contributed by atoms with E-state index in [9.17, 15) is 13.2 Å². The van der Waals surface area contributed by atoms with Gasteiger partial charge in [-0.3, -0.25) is 4.79 Å². The number of carbonyl (C=O) groups is 1. The molecule has 2 rings (SSSR count). The highest BCUT2D eigenvalue weighted by atomic mass is 35.5. The van der Waals surface area contributed by atoms with Crippen LogP contribution in [-0.4, -0.2) is 49.7 Å². The first-order valence-electron chi connectivity index (χ1n) is 8.21. The Labute approximate surface area is 149 Å². The quantitative estimate of drug-likeness (QED) is 0.815. The predicted octanol–water partition coefficient (Wildman–Crippen LogP) is 3.24. The Hall–Kier alpha value is -1.11. The molecule has 1 atom stereocenters. The van der Waals surface area contributed by atoms with Gasteiger partial charge in [0.2, 0.25) is 10.0 Å². The Morgan fingerprint density at radius 2 is 2.04 bits per heavy atom. The molecule has 0 spiro atoms. The molecule has 1 aromatic carbocycles. The first kappa shape index (κ1) is 19.2. The number of hydrogen-bond donors (Lipinski definition) is 0. The number of likely N-dealkylation sites (tertiary alicyclic amines) is 1. The summed E-state index contributed by atoms with van der Waals surface area (Å²) in [6.45, 7) is 7.07. The highest BCUT2D eigenvalue weighted by Crippen LogP contribution is 2.26. The molecule has 0 aromatic heterocycles. The fourth-order valence-corrected chi connectivity index (χ4v) is 4.41. The van der Waals surface area contributed by atoms with E-state index in [4.69, 9.17) is 11.6 Å². The second-order valence-electron chi connectivity index (χ2n) is 6.76. The van der Waals surface area contributed by atoms with Gasteiger partial charge in [-0.1, -0.05) is 18.5 Å². The molecule has 1 unspecified atom stereocenters. The van der Waals surface area contributed by atoms with Crippen LogP contribution in [0.15, 0.2) is 23.1 Å². The van der Waals surface area contributed by atoms with Crippen LogP contribution < -0.4 is 0 Å². The molecule has 1 aliphatic rings. The molecule has 0 saturated carbocycles. The fourth-order valence-electron chi connectivity index (χ4n) is 2.82. The first-order valence-corrected chi connectivity index (χ1v) is 10.0. The topological polar surface area (TPSA) is 57.7 Å². The molecule has 1 saturated heterocycles. The Kier molecular flexibility index (Phi) is 5.94. The van der Waals surface area contributed by atoms with Gasteiger partial charge in [-0.25, -0.2) is 8.42 Å². The summed E-state index contributed by atoms with van der Waals surface area (Å²) in [6, 6.07) is 4.17. The van der Waals surface area contributed by atoms with Crippen LogP contribution in [0.1, 0.15) is 44.0 Å². The van der Waals surface area contributed by atoms with Crippen LogP contribution >= 0.6 is 11.6 Å². The van der Waals surface area contributed by atoms with Crippen molar-refractivity contribution in [1.82, 2.24) is 9.21 Å². The van der Waals surface area contributed by atoms with Crippen molar-refractivity contribution in [2.45, 2.75) is 44.6 Å². The molecular formula is C17H25ClN2O3S. The molecule has 134 valence electrons. The molecule has 1 amide bonds. The summed E-state index contributed by atoms with van der Waals surface area (Å²) >= 11 is 6.18. The zero-order valence-electron chi connectivity index (χ0n) is 14.6. The first-order chi connectivity index (χ1) is 11.1. The second kappa shape index (κ2) is 7.42. The molecule has 5 nitrogen and oxygen atoms in total. The number of nitrogens with zero attached hydrogens (tertiary/aromatic N) is 2. The van der Waals surface area contributed by atoms with Gasteiger partial charge in [-0.05, 0) is 50.8 Å². The number of carbonyl (C=O) groups excluding carboxylic acids is 1. The lowest BCUT2D eigenvalue weighted by atomic mass is 9.99. The van der Waals surface area contributed by atoms with Crippen molar-refractivity contribution in [2.75, 3.05) is 20.1 Å². The van der Waals surface area contributed by atoms with E-state index in [-0.39, 0.29) is 27.4 Å². The maximum absolute atomic E-state index is 12.8. The largest absolute Gasteiger partial charge is 0.338 e. The molecule has 1 heterocycles. The summed E-state index contributed by atoms with van der Waals surface area (Å²) in [4.78, 5) is 14.6. The number of piperidine rings is 1. The average molecular weight is 373 g/mol. The van der Waals surface area contributed by atoms with Crippen molar-refractivity contribution in [3.8, 4) is 0 Å². The summed E-state index contributed by atoms with van der Waals surface area (Å²) < 4.78 is 26.6. The van der Waals surface area contributed by atoms with Crippen LogP contribution in [0.3, 0.4) is 0 Å². The number of halogens is 1. The van der Waals surface area contributed by atoms with Gasteiger partial charge in [0, 0.05) is 26.2 Å². The van der Waals surface area contributed by atoms with E-state index >= 15 is 0 Å². The van der Waals surface area contributed by atoms with Gasteiger partial charge in [0.05, 0.1) is 15.5 Å². The Morgan fingerprint density at radius 1 is 1.38 bits per heavy atom. The Balaban J connectivity index is 2.37. The summed E-state index contributed by atoms with van der Waals surface area (Å²) in [5, 5.41) is 0.282. The lowest BCUT2D eigenvalue weighted by Crippen LogP contribution is -2.39. The Bertz CT molecular complexity index is 719. The van der Waals surface area contributed by atoms with Crippen molar-refractivity contribution in [1.29, 1.82) is 0 Å². The number of sulfonamides is 1. The number of benzene rings is 1. The van der Waals surface area contributed by atoms with Gasteiger partial charge < -0.3 is 4.90 Å². The van der Waals surface area contributed by atoms with E-state index in [1.807, 2.05) is 0 Å². The zero-order chi connectivity index (χ0) is 18.1. The van der Waals surface area contributed by atoms with Gasteiger partial charge >= 0.3 is 0 Å². The zero-order valence-corrected chi connectivity index (χ0v) is 16.2. The summed E-state index contributed by atoms with van der Waals surface area (Å²) in [7, 11) is -2.12. The summed E-state index contributed by atoms with van der Waals surface area (Å²) in [5.74, 6) is 0.247. The van der Waals surface area contributed by atoms with Crippen molar-refractivity contribution < 1.29 is 13.2 Å². The van der Waals surface area contributed by atoms with Crippen molar-refractivity contribution in [2.24, 2.45) is 5.92 Å². The van der Waals surface area contributed by atoms with Crippen LogP contribution in [0.4, 0.5) is 0 Å². The Morgan fingerprint density at radius 3 is 2.62 bits per heavy atom. The molecule has 0 bridgehead atoms. The molecule has 7 heteroatoms. The molecule has 0 radical (unpaired) electrons. The maximum Gasteiger partial charge on any atom is 0.255 e. The van der Waals surface area contributed by atoms with Crippen LogP contribution in [0, 0.1) is 5.92 Å². The van der Waals surface area contributed by atoms with Crippen LogP contribution in [0.25, 0.3) is 0 Å². The standard InChI is InChI=1S/C17H25ClN2O3S/c1-12(2)19(4)24(22,23)14-7-8-16(18)15(10-14)17(21)20-9-5-6-13(3)11-20/h7-8,10,12-13H,5-6,9,11H2,1-4H3. The van der Waals surface area contributed by atoms with E-state index in [2.05, 4.69) is 6.92 Å². The fraction of sp³-hybridized carbons (Fsp3) is 0.588. The van der Waals surface area contributed by atoms with Gasteiger partial charge in [-0.2, -0.15) is 4.31 Å². The molecule has 0 aliphatic carbocycles. The van der Waals surface area contributed by atoms with Gasteiger partial charge in [0.25, 0.3) is 5.91 Å². The molecule has 24 heavy (non-hydrogen) atoms. The third kappa shape index (κ3) is 3.92. The monoisotopic (exact) mass is 372 g/mol. The average Bonchev–Trinajstić information content (AvgIpc) is 2.53.